The number of nitrogens with zero attached hydrogens (tertiary/aromatic N) is 4. The van der Waals surface area contributed by atoms with Crippen molar-refractivity contribution < 1.29 is 18.4 Å². The number of para-hydroxylation sites is 2. The minimum Gasteiger partial charge on any atom is -0.354 e. The van der Waals surface area contributed by atoms with Gasteiger partial charge in [0.1, 0.15) is 37.6 Å². The van der Waals surface area contributed by atoms with Gasteiger partial charge in [-0.1, -0.05) is 61.7 Å². The Bertz CT molecular complexity index is 1830. The third-order valence-electron chi connectivity index (χ3n) is 17.5. The molecule has 50 heavy (non-hydrogen) atoms. The molecule has 0 amide bonds. The van der Waals surface area contributed by atoms with Crippen molar-refractivity contribution in [2.45, 2.75) is 73.1 Å². The van der Waals surface area contributed by atoms with E-state index in [0.29, 0.717) is 47.8 Å². The number of fused-ring (bicyclic) bond motifs is 6. The Kier molecular flexibility index (Phi) is 5.15. The number of piperidine rings is 2. The zero-order valence-electron chi connectivity index (χ0n) is 29.2. The van der Waals surface area contributed by atoms with E-state index in [0.717, 1.165) is 39.4 Å². The van der Waals surface area contributed by atoms with Crippen LogP contribution in [0.2, 0.25) is 0 Å². The minimum atomic E-state index is 0.0382. The summed E-state index contributed by atoms with van der Waals surface area (Å²) in [4.78, 5) is 5.95. The van der Waals surface area contributed by atoms with E-state index in [2.05, 4.69) is 95.8 Å². The van der Waals surface area contributed by atoms with Crippen molar-refractivity contribution in [1.82, 2.24) is 0 Å². The summed E-state index contributed by atoms with van der Waals surface area (Å²) < 4.78 is 17.4. The van der Waals surface area contributed by atoms with Gasteiger partial charge in [-0.05, 0) is 46.6 Å². The first-order chi connectivity index (χ1) is 24.6. The summed E-state index contributed by atoms with van der Waals surface area (Å²) in [6, 6.07) is 21.3. The molecule has 0 aromatic heterocycles. The first-order valence-electron chi connectivity index (χ1n) is 19.9. The Morgan fingerprint density at radius 1 is 0.680 bits per heavy atom. The molecule has 14 atom stereocenters. The van der Waals surface area contributed by atoms with Crippen molar-refractivity contribution in [3.05, 3.63) is 108 Å². The molecule has 2 aliphatic carbocycles. The fraction of sp³-hybridized carbons (Fsp3) is 0.545. The Morgan fingerprint density at radius 2 is 1.14 bits per heavy atom. The molecule has 11 aliphatic rings. The topological polar surface area (TPSA) is 24.9 Å². The van der Waals surface area contributed by atoms with Crippen molar-refractivity contribution in [3.8, 4) is 0 Å². The second-order valence-corrected chi connectivity index (χ2v) is 18.3. The predicted octanol–water partition coefficient (Wildman–Crippen LogP) is 5.67. The summed E-state index contributed by atoms with van der Waals surface area (Å²) in [7, 11) is 0. The number of hydrogen-bond donors (Lipinski definition) is 0. The van der Waals surface area contributed by atoms with E-state index in [1.54, 1.807) is 22.3 Å². The lowest BCUT2D eigenvalue weighted by Gasteiger charge is -2.65. The smallest absolute Gasteiger partial charge is 0.136 e. The first-order valence-corrected chi connectivity index (χ1v) is 19.9. The number of quaternary nitrogens is 2. The molecule has 13 rings (SSSR count). The van der Waals surface area contributed by atoms with Crippen LogP contribution in [0.5, 0.6) is 0 Å². The molecule has 6 heteroatoms. The van der Waals surface area contributed by atoms with Crippen LogP contribution >= 0.6 is 0 Å². The van der Waals surface area contributed by atoms with E-state index in [4.69, 9.17) is 9.47 Å². The third kappa shape index (κ3) is 2.82. The molecule has 2 saturated carbocycles. The number of anilines is 2. The van der Waals surface area contributed by atoms with Gasteiger partial charge in [0.2, 0.25) is 0 Å². The van der Waals surface area contributed by atoms with Crippen LogP contribution in [0.15, 0.2) is 97.1 Å². The lowest BCUT2D eigenvalue weighted by atomic mass is 9.52. The molecule has 4 unspecified atom stereocenters. The van der Waals surface area contributed by atoms with Crippen LogP contribution in [-0.4, -0.2) is 98.1 Å². The predicted molar refractivity (Wildman–Crippen MR) is 195 cm³/mol. The Labute approximate surface area is 296 Å². The molecule has 2 aromatic rings. The van der Waals surface area contributed by atoms with Gasteiger partial charge >= 0.3 is 0 Å². The maximum absolute atomic E-state index is 7.51. The van der Waals surface area contributed by atoms with Gasteiger partial charge in [0, 0.05) is 60.7 Å². The highest BCUT2D eigenvalue weighted by Gasteiger charge is 2.80. The summed E-state index contributed by atoms with van der Waals surface area (Å²) in [6.07, 6.45) is 14.7. The maximum atomic E-state index is 7.51. The molecule has 0 N–H and O–H groups in total. The van der Waals surface area contributed by atoms with Crippen LogP contribution < -0.4 is 9.80 Å². The minimum absolute atomic E-state index is 0.0382. The van der Waals surface area contributed by atoms with Crippen LogP contribution in [0.4, 0.5) is 11.4 Å². The average Bonchev–Trinajstić information content (AvgIpc) is 3.75. The average molecular weight is 667 g/mol. The van der Waals surface area contributed by atoms with Crippen molar-refractivity contribution in [1.29, 1.82) is 0 Å². The summed E-state index contributed by atoms with van der Waals surface area (Å²) in [6.45, 7) is 17.1. The van der Waals surface area contributed by atoms with Gasteiger partial charge in [0.15, 0.2) is 0 Å². The molecule has 256 valence electrons. The SMILES string of the molecule is C=CC[N+]12CCC34c5ccccc5N5[C@@H]6OCC=C7C[N+]8(CC=C)CCC9%10c%11ccccc%11N([C@@H]%11OCC=C(C1)[C@H](C[C@@H]32)[C@@H]%11[C@H]54)[C@H]9[C@H]6[C@H]7C[C@@H]%108. The highest BCUT2D eigenvalue weighted by molar-refractivity contribution is 5.72. The molecule has 9 aliphatic heterocycles. The molecule has 0 radical (unpaired) electrons. The van der Waals surface area contributed by atoms with Crippen LogP contribution in [0.1, 0.15) is 36.8 Å². The fourth-order valence-corrected chi connectivity index (χ4v) is 16.4. The van der Waals surface area contributed by atoms with Crippen LogP contribution in [0.25, 0.3) is 0 Å². The fourth-order valence-electron chi connectivity index (χ4n) is 16.4. The van der Waals surface area contributed by atoms with Crippen molar-refractivity contribution >= 4 is 11.4 Å². The number of ether oxygens (including phenoxy) is 2. The number of hydrogen-bond acceptors (Lipinski definition) is 4. The van der Waals surface area contributed by atoms with E-state index in [1.807, 2.05) is 0 Å². The maximum Gasteiger partial charge on any atom is 0.136 e. The van der Waals surface area contributed by atoms with Crippen LogP contribution in [0, 0.1) is 23.7 Å². The van der Waals surface area contributed by atoms with Crippen molar-refractivity contribution in [2.75, 3.05) is 62.3 Å². The van der Waals surface area contributed by atoms with Crippen molar-refractivity contribution in [2.24, 2.45) is 23.7 Å². The van der Waals surface area contributed by atoms with E-state index >= 15 is 0 Å². The summed E-state index contributed by atoms with van der Waals surface area (Å²) in [5.41, 5.74) is 9.71. The zero-order valence-corrected chi connectivity index (χ0v) is 29.2. The monoisotopic (exact) mass is 666 g/mol. The van der Waals surface area contributed by atoms with Crippen LogP contribution in [-0.2, 0) is 20.3 Å². The molecule has 5 saturated heterocycles. The molecule has 2 spiro atoms. The molecule has 6 nitrogen and oxygen atoms in total. The Morgan fingerprint density at radius 3 is 1.60 bits per heavy atom. The van der Waals surface area contributed by atoms with Gasteiger partial charge in [0.05, 0.1) is 62.3 Å². The second-order valence-electron chi connectivity index (χ2n) is 18.3. The van der Waals surface area contributed by atoms with E-state index < -0.39 is 0 Å². The lowest BCUT2D eigenvalue weighted by molar-refractivity contribution is -0.938. The third-order valence-corrected chi connectivity index (χ3v) is 17.5. The molecule has 7 fully saturated rings. The Hall–Kier alpha value is -3.16. The molecule has 4 bridgehead atoms. The zero-order chi connectivity index (χ0) is 32.8. The van der Waals surface area contributed by atoms with Crippen LogP contribution in [0.3, 0.4) is 0 Å². The van der Waals surface area contributed by atoms with E-state index in [9.17, 15) is 0 Å². The Balaban J connectivity index is 1.12. The van der Waals surface area contributed by atoms with Gasteiger partial charge < -0.3 is 28.2 Å². The van der Waals surface area contributed by atoms with Crippen molar-refractivity contribution in [3.63, 3.8) is 0 Å². The highest BCUT2D eigenvalue weighted by atomic mass is 16.5. The quantitative estimate of drug-likeness (QED) is 0.311. The van der Waals surface area contributed by atoms with Gasteiger partial charge in [-0.15, -0.1) is 0 Å². The highest BCUT2D eigenvalue weighted by Crippen LogP contribution is 2.72. The van der Waals surface area contributed by atoms with E-state index in [-0.39, 0.29) is 23.3 Å². The standard InChI is InChI=1S/C44H50N4O2/c1-3-17-47-19-15-43-31-9-5-7-11-33(31)45-39(43)37-29(23-35(43)47)27(25-47)13-21-49-41(37)46-34-12-8-6-10-32(34)44-16-20-48(18-4-2)26-28-14-22-50-42(45)38(40(44)46)30(28)24-36(44)48/h3-14,29-30,35-42H,1-2,15-26H2/q+2/t29-,30-,35-,36-,37+,38+,39-,40-,41+,42+,43?,44?,47?,48?/m0/s1. The number of rotatable bonds is 4. The number of benzene rings is 2. The lowest BCUT2D eigenvalue weighted by Crippen LogP contribution is -2.78. The van der Waals surface area contributed by atoms with Gasteiger partial charge in [-0.3, -0.25) is 0 Å². The first kappa shape index (κ1) is 28.4. The summed E-state index contributed by atoms with van der Waals surface area (Å²) in [5, 5.41) is 0. The van der Waals surface area contributed by atoms with Gasteiger partial charge in [0.25, 0.3) is 0 Å². The van der Waals surface area contributed by atoms with E-state index in [1.165, 1.54) is 59.1 Å². The van der Waals surface area contributed by atoms with Gasteiger partial charge in [-0.2, -0.15) is 0 Å². The molecule has 2 aromatic carbocycles. The molecular weight excluding hydrogens is 617 g/mol. The second kappa shape index (κ2) is 9.06. The largest absolute Gasteiger partial charge is 0.354 e. The summed E-state index contributed by atoms with van der Waals surface area (Å²) >= 11 is 0. The van der Waals surface area contributed by atoms with Gasteiger partial charge in [-0.25, -0.2) is 0 Å². The summed E-state index contributed by atoms with van der Waals surface area (Å²) in [5.74, 6) is 1.79. The normalized spacial score (nSPS) is 49.8. The molecular formula is C44H50N4O2+2. The molecule has 9 heterocycles.